The van der Waals surface area contributed by atoms with E-state index in [1.54, 1.807) is 0 Å². The summed E-state index contributed by atoms with van der Waals surface area (Å²) in [6.07, 6.45) is 0.349. The molecule has 2 atom stereocenters. The Bertz CT molecular complexity index is 687. The van der Waals surface area contributed by atoms with Gasteiger partial charge in [-0.1, -0.05) is 6.07 Å². The van der Waals surface area contributed by atoms with E-state index < -0.39 is 35.6 Å². The fraction of sp³-hybridized carbons (Fsp3) is 0.526. The van der Waals surface area contributed by atoms with Crippen molar-refractivity contribution in [1.29, 1.82) is 0 Å². The van der Waals surface area contributed by atoms with Crippen molar-refractivity contribution < 1.29 is 27.9 Å². The van der Waals surface area contributed by atoms with Gasteiger partial charge < -0.3 is 16.6 Å². The Morgan fingerprint density at radius 1 is 1.26 bits per heavy atom. The van der Waals surface area contributed by atoms with E-state index in [4.69, 9.17) is 11.5 Å². The van der Waals surface area contributed by atoms with E-state index in [-0.39, 0.29) is 50.0 Å². The molecule has 1 aliphatic carbocycles. The predicted molar refractivity (Wildman–Crippen MR) is 93.1 cm³/mol. The van der Waals surface area contributed by atoms with E-state index in [0.29, 0.717) is 5.56 Å². The Kier molecular flexibility index (Phi) is 6.86. The first kappa shape index (κ1) is 21.2. The van der Waals surface area contributed by atoms with Gasteiger partial charge in [-0.25, -0.2) is 13.2 Å². The molecule has 27 heavy (non-hydrogen) atoms. The van der Waals surface area contributed by atoms with Crippen LogP contribution in [0.25, 0.3) is 0 Å². The number of carbonyl (C=O) groups excluding carboxylic acids is 2. The summed E-state index contributed by atoms with van der Waals surface area (Å²) in [4.78, 5) is 23.2. The second-order valence-electron chi connectivity index (χ2n) is 7.11. The van der Waals surface area contributed by atoms with Crippen LogP contribution in [-0.2, 0) is 11.2 Å². The smallest absolute Gasteiger partial charge is 0.249 e. The number of benzene rings is 1. The normalized spacial score (nSPS) is 19.4. The van der Waals surface area contributed by atoms with Gasteiger partial charge in [-0.2, -0.15) is 0 Å². The monoisotopic (exact) mass is 385 g/mol. The van der Waals surface area contributed by atoms with Gasteiger partial charge in [0.2, 0.25) is 17.7 Å². The predicted octanol–water partition coefficient (Wildman–Crippen LogP) is 2.35. The van der Waals surface area contributed by atoms with Crippen molar-refractivity contribution in [3.63, 3.8) is 0 Å². The first-order valence-corrected chi connectivity index (χ1v) is 8.86. The fourth-order valence-corrected chi connectivity index (χ4v) is 3.58. The van der Waals surface area contributed by atoms with Crippen molar-refractivity contribution in [3.05, 3.63) is 41.6 Å². The zero-order valence-electron chi connectivity index (χ0n) is 14.8. The standard InChI is InChI=1S/C19H24F3N2O3/c20-13-3-1-11(15(9-13)17(23)26)2-4-14(25)10-16(18(24)27)12-5-7-19(21,22)8-6-12/h1,3-4,9,12,14,16,25H,2,5-8,10H2,(H2,23,26)(H2,24,27). The Morgan fingerprint density at radius 2 is 1.89 bits per heavy atom. The van der Waals surface area contributed by atoms with Crippen LogP contribution in [0, 0.1) is 24.1 Å². The molecule has 2 amide bonds. The van der Waals surface area contributed by atoms with Crippen LogP contribution in [0.1, 0.15) is 48.0 Å². The summed E-state index contributed by atoms with van der Waals surface area (Å²) in [6, 6.07) is 3.59. The molecule has 5 N–H and O–H groups in total. The molecule has 0 bridgehead atoms. The number of aliphatic hydroxyl groups is 1. The molecule has 1 saturated carbocycles. The molecule has 0 aliphatic heterocycles. The van der Waals surface area contributed by atoms with Crippen molar-refractivity contribution in [2.24, 2.45) is 23.3 Å². The van der Waals surface area contributed by atoms with Gasteiger partial charge in [0.1, 0.15) is 5.82 Å². The number of primary amides is 2. The van der Waals surface area contributed by atoms with Crippen LogP contribution in [-0.4, -0.2) is 28.9 Å². The summed E-state index contributed by atoms with van der Waals surface area (Å²) in [7, 11) is 0. The largest absolute Gasteiger partial charge is 0.393 e. The highest BCUT2D eigenvalue weighted by Gasteiger charge is 2.39. The molecule has 0 saturated heterocycles. The number of alkyl halides is 2. The summed E-state index contributed by atoms with van der Waals surface area (Å²) in [5.41, 5.74) is 11.1. The number of hydrogen-bond acceptors (Lipinski definition) is 3. The summed E-state index contributed by atoms with van der Waals surface area (Å²) in [5.74, 6) is -5.73. The number of nitrogens with two attached hydrogens (primary N) is 2. The number of rotatable bonds is 8. The Hall–Kier alpha value is -2.09. The number of amides is 2. The van der Waals surface area contributed by atoms with Crippen LogP contribution in [0.5, 0.6) is 0 Å². The van der Waals surface area contributed by atoms with Crippen LogP contribution in [0.4, 0.5) is 13.2 Å². The van der Waals surface area contributed by atoms with Gasteiger partial charge in [-0.15, -0.1) is 0 Å². The van der Waals surface area contributed by atoms with Gasteiger partial charge in [-0.3, -0.25) is 9.59 Å². The van der Waals surface area contributed by atoms with Crippen molar-refractivity contribution in [3.8, 4) is 0 Å². The maximum atomic E-state index is 13.3. The number of halogens is 3. The first-order chi connectivity index (χ1) is 12.6. The lowest BCUT2D eigenvalue weighted by Crippen LogP contribution is -2.37. The van der Waals surface area contributed by atoms with Crippen LogP contribution >= 0.6 is 0 Å². The molecule has 1 aromatic rings. The van der Waals surface area contributed by atoms with Crippen LogP contribution < -0.4 is 11.5 Å². The highest BCUT2D eigenvalue weighted by atomic mass is 19.3. The number of aliphatic hydroxyl groups excluding tert-OH is 1. The topological polar surface area (TPSA) is 106 Å². The lowest BCUT2D eigenvalue weighted by Gasteiger charge is -2.33. The molecule has 1 aromatic carbocycles. The highest BCUT2D eigenvalue weighted by molar-refractivity contribution is 5.94. The Morgan fingerprint density at radius 3 is 2.44 bits per heavy atom. The summed E-state index contributed by atoms with van der Waals surface area (Å²) < 4.78 is 39.9. The van der Waals surface area contributed by atoms with Crippen LogP contribution in [0.15, 0.2) is 18.2 Å². The lowest BCUT2D eigenvalue weighted by molar-refractivity contribution is -0.127. The third-order valence-corrected chi connectivity index (χ3v) is 5.14. The molecule has 2 rings (SSSR count). The summed E-state index contributed by atoms with van der Waals surface area (Å²) >= 11 is 0. The van der Waals surface area contributed by atoms with E-state index in [1.165, 1.54) is 18.6 Å². The zero-order chi connectivity index (χ0) is 20.2. The van der Waals surface area contributed by atoms with Crippen LogP contribution in [0.3, 0.4) is 0 Å². The van der Waals surface area contributed by atoms with Crippen molar-refractivity contribution in [2.45, 2.75) is 50.6 Å². The van der Waals surface area contributed by atoms with Gasteiger partial charge in [0.05, 0.1) is 6.10 Å². The minimum absolute atomic E-state index is 0.0126. The molecule has 1 aliphatic rings. The summed E-state index contributed by atoms with van der Waals surface area (Å²) in [5, 5.41) is 10.2. The van der Waals surface area contributed by atoms with Gasteiger partial charge in [0, 0.05) is 24.3 Å². The SMILES string of the molecule is NC(=O)c1cc(F)ccc1C[CH]C(O)CC(C(N)=O)C1CCC(F)(F)CC1. The van der Waals surface area contributed by atoms with Crippen molar-refractivity contribution >= 4 is 11.8 Å². The average molecular weight is 385 g/mol. The highest BCUT2D eigenvalue weighted by Crippen LogP contribution is 2.40. The lowest BCUT2D eigenvalue weighted by atomic mass is 9.75. The van der Waals surface area contributed by atoms with Gasteiger partial charge in [-0.05, 0) is 55.7 Å². The fourth-order valence-electron chi connectivity index (χ4n) is 3.58. The zero-order valence-corrected chi connectivity index (χ0v) is 14.8. The van der Waals surface area contributed by atoms with E-state index >= 15 is 0 Å². The molecule has 2 unspecified atom stereocenters. The van der Waals surface area contributed by atoms with Crippen molar-refractivity contribution in [1.82, 2.24) is 0 Å². The second-order valence-corrected chi connectivity index (χ2v) is 7.11. The van der Waals surface area contributed by atoms with Gasteiger partial charge >= 0.3 is 0 Å². The second kappa shape index (κ2) is 8.73. The van der Waals surface area contributed by atoms with Gasteiger partial charge in [0.25, 0.3) is 0 Å². The maximum absolute atomic E-state index is 13.3. The van der Waals surface area contributed by atoms with E-state index in [1.807, 2.05) is 0 Å². The maximum Gasteiger partial charge on any atom is 0.249 e. The average Bonchev–Trinajstić information content (AvgIpc) is 2.58. The molecule has 0 heterocycles. The Labute approximate surface area is 155 Å². The quantitative estimate of drug-likeness (QED) is 0.639. The minimum Gasteiger partial charge on any atom is -0.393 e. The Balaban J connectivity index is 1.96. The van der Waals surface area contributed by atoms with Crippen LogP contribution in [0.2, 0.25) is 0 Å². The molecule has 8 heteroatoms. The number of hydrogen-bond donors (Lipinski definition) is 3. The molecular weight excluding hydrogens is 361 g/mol. The van der Waals surface area contributed by atoms with E-state index in [9.17, 15) is 27.9 Å². The summed E-state index contributed by atoms with van der Waals surface area (Å²) in [6.45, 7) is 0. The minimum atomic E-state index is -2.71. The third kappa shape index (κ3) is 5.95. The molecule has 5 nitrogen and oxygen atoms in total. The molecule has 1 fully saturated rings. The molecule has 0 aromatic heterocycles. The molecule has 1 radical (unpaired) electrons. The first-order valence-electron chi connectivity index (χ1n) is 8.86. The third-order valence-electron chi connectivity index (χ3n) is 5.14. The van der Waals surface area contributed by atoms with Crippen molar-refractivity contribution in [2.75, 3.05) is 0 Å². The van der Waals surface area contributed by atoms with E-state index in [0.717, 1.165) is 6.07 Å². The van der Waals surface area contributed by atoms with E-state index in [2.05, 4.69) is 0 Å². The van der Waals surface area contributed by atoms with Gasteiger partial charge in [0.15, 0.2) is 0 Å². The molecular formula is C19H24F3N2O3. The molecule has 0 spiro atoms. The number of carbonyl (C=O) groups is 2. The molecule has 149 valence electrons.